The SMILES string of the molecule is CC(C)CCCOC1CCCCCCC1Br. The van der Waals surface area contributed by atoms with E-state index in [4.69, 9.17) is 4.74 Å². The Hall–Kier alpha value is 0.440. The second-order valence-electron chi connectivity index (χ2n) is 5.45. The molecule has 0 amide bonds. The van der Waals surface area contributed by atoms with Gasteiger partial charge in [-0.15, -0.1) is 0 Å². The summed E-state index contributed by atoms with van der Waals surface area (Å²) in [5.41, 5.74) is 0. The number of hydrogen-bond acceptors (Lipinski definition) is 1. The molecular weight excluding hydrogens is 264 g/mol. The maximum atomic E-state index is 6.03. The maximum absolute atomic E-state index is 6.03. The molecule has 1 saturated carbocycles. The highest BCUT2D eigenvalue weighted by molar-refractivity contribution is 9.09. The summed E-state index contributed by atoms with van der Waals surface area (Å²) in [6, 6.07) is 0. The van der Waals surface area contributed by atoms with Crippen molar-refractivity contribution < 1.29 is 4.74 Å². The molecule has 2 heteroatoms. The van der Waals surface area contributed by atoms with Gasteiger partial charge in [-0.3, -0.25) is 0 Å². The van der Waals surface area contributed by atoms with Gasteiger partial charge in [-0.05, 0) is 31.6 Å². The second kappa shape index (κ2) is 8.52. The predicted octanol–water partition coefficient (Wildman–Crippen LogP) is 4.93. The Labute approximate surface area is 109 Å². The number of alkyl halides is 1. The van der Waals surface area contributed by atoms with Crippen molar-refractivity contribution in [3.63, 3.8) is 0 Å². The third-order valence-corrected chi connectivity index (χ3v) is 4.43. The number of hydrogen-bond donors (Lipinski definition) is 0. The van der Waals surface area contributed by atoms with Crippen molar-refractivity contribution in [2.45, 2.75) is 76.1 Å². The van der Waals surface area contributed by atoms with Crippen LogP contribution in [0.2, 0.25) is 0 Å². The summed E-state index contributed by atoms with van der Waals surface area (Å²) < 4.78 is 6.03. The minimum atomic E-state index is 0.465. The molecule has 0 aromatic carbocycles. The molecule has 0 bridgehead atoms. The molecular formula is C14H27BrO. The van der Waals surface area contributed by atoms with Crippen LogP contribution >= 0.6 is 15.9 Å². The smallest absolute Gasteiger partial charge is 0.0700 e. The first-order valence-electron chi connectivity index (χ1n) is 6.96. The zero-order valence-electron chi connectivity index (χ0n) is 10.9. The lowest BCUT2D eigenvalue weighted by Crippen LogP contribution is -2.26. The first kappa shape index (κ1) is 14.5. The molecule has 0 saturated heterocycles. The average molecular weight is 291 g/mol. The third kappa shape index (κ3) is 6.24. The van der Waals surface area contributed by atoms with Crippen LogP contribution in [0.1, 0.15) is 65.2 Å². The number of ether oxygens (including phenoxy) is 1. The monoisotopic (exact) mass is 290 g/mol. The van der Waals surface area contributed by atoms with Gasteiger partial charge in [0.15, 0.2) is 0 Å². The molecule has 1 rings (SSSR count). The molecule has 0 N–H and O–H groups in total. The van der Waals surface area contributed by atoms with E-state index < -0.39 is 0 Å². The van der Waals surface area contributed by atoms with E-state index in [-0.39, 0.29) is 0 Å². The van der Waals surface area contributed by atoms with Crippen LogP contribution in [-0.4, -0.2) is 17.5 Å². The van der Waals surface area contributed by atoms with E-state index in [1.165, 1.54) is 51.4 Å². The lowest BCUT2D eigenvalue weighted by atomic mass is 9.98. The number of rotatable bonds is 5. The van der Waals surface area contributed by atoms with E-state index in [1.54, 1.807) is 0 Å². The quantitative estimate of drug-likeness (QED) is 0.515. The molecule has 16 heavy (non-hydrogen) atoms. The third-order valence-electron chi connectivity index (χ3n) is 3.38. The molecule has 0 radical (unpaired) electrons. The van der Waals surface area contributed by atoms with Gasteiger partial charge < -0.3 is 4.74 Å². The van der Waals surface area contributed by atoms with Gasteiger partial charge in [0, 0.05) is 11.4 Å². The fraction of sp³-hybridized carbons (Fsp3) is 1.00. The molecule has 0 aromatic rings. The van der Waals surface area contributed by atoms with Crippen molar-refractivity contribution in [1.29, 1.82) is 0 Å². The summed E-state index contributed by atoms with van der Waals surface area (Å²) in [4.78, 5) is 0.590. The molecule has 1 nitrogen and oxygen atoms in total. The predicted molar refractivity (Wildman–Crippen MR) is 74.2 cm³/mol. The van der Waals surface area contributed by atoms with Crippen LogP contribution < -0.4 is 0 Å². The number of halogens is 1. The zero-order valence-corrected chi connectivity index (χ0v) is 12.5. The maximum Gasteiger partial charge on any atom is 0.0700 e. The molecule has 96 valence electrons. The fourth-order valence-corrected chi connectivity index (χ4v) is 3.06. The molecule has 0 heterocycles. The lowest BCUT2D eigenvalue weighted by Gasteiger charge is -2.25. The van der Waals surface area contributed by atoms with Gasteiger partial charge >= 0.3 is 0 Å². The Bertz CT molecular complexity index is 170. The van der Waals surface area contributed by atoms with Gasteiger partial charge in [-0.1, -0.05) is 55.5 Å². The van der Waals surface area contributed by atoms with Crippen LogP contribution in [0.15, 0.2) is 0 Å². The largest absolute Gasteiger partial charge is 0.377 e. The molecule has 2 unspecified atom stereocenters. The van der Waals surface area contributed by atoms with Gasteiger partial charge in [0.05, 0.1) is 6.10 Å². The Balaban J connectivity index is 2.16. The van der Waals surface area contributed by atoms with Crippen molar-refractivity contribution in [1.82, 2.24) is 0 Å². The van der Waals surface area contributed by atoms with Crippen molar-refractivity contribution >= 4 is 15.9 Å². The molecule has 2 atom stereocenters. The Morgan fingerprint density at radius 1 is 1.12 bits per heavy atom. The first-order chi connectivity index (χ1) is 7.70. The van der Waals surface area contributed by atoms with E-state index in [1.807, 2.05) is 0 Å². The average Bonchev–Trinajstić information content (AvgIpc) is 2.21. The van der Waals surface area contributed by atoms with Crippen molar-refractivity contribution in [2.75, 3.05) is 6.61 Å². The van der Waals surface area contributed by atoms with E-state index in [2.05, 4.69) is 29.8 Å². The van der Waals surface area contributed by atoms with E-state index >= 15 is 0 Å². The highest BCUT2D eigenvalue weighted by atomic mass is 79.9. The summed E-state index contributed by atoms with van der Waals surface area (Å²) in [5, 5.41) is 0. The topological polar surface area (TPSA) is 9.23 Å². The Kier molecular flexibility index (Phi) is 7.72. The van der Waals surface area contributed by atoms with Crippen LogP contribution in [0.3, 0.4) is 0 Å². The van der Waals surface area contributed by atoms with E-state index in [0.29, 0.717) is 10.9 Å². The summed E-state index contributed by atoms with van der Waals surface area (Å²) in [7, 11) is 0. The van der Waals surface area contributed by atoms with Crippen molar-refractivity contribution in [3.05, 3.63) is 0 Å². The van der Waals surface area contributed by atoms with Crippen LogP contribution in [0, 0.1) is 5.92 Å². The highest BCUT2D eigenvalue weighted by Crippen LogP contribution is 2.25. The molecule has 1 aliphatic carbocycles. The van der Waals surface area contributed by atoms with Gasteiger partial charge in [0.2, 0.25) is 0 Å². The van der Waals surface area contributed by atoms with E-state index in [0.717, 1.165) is 12.5 Å². The van der Waals surface area contributed by atoms with Gasteiger partial charge in [0.1, 0.15) is 0 Å². The van der Waals surface area contributed by atoms with E-state index in [9.17, 15) is 0 Å². The first-order valence-corrected chi connectivity index (χ1v) is 7.87. The summed E-state index contributed by atoms with van der Waals surface area (Å²) in [6.45, 7) is 5.51. The van der Waals surface area contributed by atoms with Crippen LogP contribution in [0.5, 0.6) is 0 Å². The normalized spacial score (nSPS) is 27.8. The van der Waals surface area contributed by atoms with Gasteiger partial charge in [-0.2, -0.15) is 0 Å². The minimum Gasteiger partial charge on any atom is -0.377 e. The Morgan fingerprint density at radius 2 is 1.81 bits per heavy atom. The van der Waals surface area contributed by atoms with Crippen LogP contribution in [0.4, 0.5) is 0 Å². The molecule has 1 aliphatic rings. The summed E-state index contributed by atoms with van der Waals surface area (Å²) in [6.07, 6.45) is 11.0. The zero-order chi connectivity index (χ0) is 11.8. The van der Waals surface area contributed by atoms with Gasteiger partial charge in [-0.25, -0.2) is 0 Å². The lowest BCUT2D eigenvalue weighted by molar-refractivity contribution is 0.0377. The van der Waals surface area contributed by atoms with Crippen LogP contribution in [0.25, 0.3) is 0 Å². The molecule has 1 fully saturated rings. The van der Waals surface area contributed by atoms with Crippen molar-refractivity contribution in [3.8, 4) is 0 Å². The standard InChI is InChI=1S/C14H27BrO/c1-12(2)8-7-11-16-14-10-6-4-3-5-9-13(14)15/h12-14H,3-11H2,1-2H3. The highest BCUT2D eigenvalue weighted by Gasteiger charge is 2.20. The van der Waals surface area contributed by atoms with Gasteiger partial charge in [0.25, 0.3) is 0 Å². The fourth-order valence-electron chi connectivity index (χ4n) is 2.32. The summed E-state index contributed by atoms with van der Waals surface area (Å²) >= 11 is 3.80. The summed E-state index contributed by atoms with van der Waals surface area (Å²) in [5.74, 6) is 0.806. The van der Waals surface area contributed by atoms with Crippen molar-refractivity contribution in [2.24, 2.45) is 5.92 Å². The van der Waals surface area contributed by atoms with Crippen LogP contribution in [-0.2, 0) is 4.74 Å². The minimum absolute atomic E-state index is 0.465. The second-order valence-corrected chi connectivity index (χ2v) is 6.63. The molecule has 0 aliphatic heterocycles. The molecule has 0 spiro atoms. The molecule has 0 aromatic heterocycles. The Morgan fingerprint density at radius 3 is 2.50 bits per heavy atom.